The van der Waals surface area contributed by atoms with E-state index >= 15 is 0 Å². The molecule has 0 spiro atoms. The van der Waals surface area contributed by atoms with Crippen LogP contribution in [0.4, 0.5) is 0 Å². The van der Waals surface area contributed by atoms with Crippen molar-refractivity contribution in [3.63, 3.8) is 0 Å². The topological polar surface area (TPSA) is 98.0 Å². The molecule has 1 atom stereocenters. The highest BCUT2D eigenvalue weighted by atomic mass is 16.3. The van der Waals surface area contributed by atoms with Crippen molar-refractivity contribution in [2.45, 2.75) is 19.1 Å². The molecule has 5 nitrogen and oxygen atoms in total. The van der Waals surface area contributed by atoms with Gasteiger partial charge in [-0.1, -0.05) is 0 Å². The minimum absolute atomic E-state index is 0.365. The van der Waals surface area contributed by atoms with Crippen LogP contribution in [-0.4, -0.2) is 52.1 Å². The zero-order chi connectivity index (χ0) is 9.28. The van der Waals surface area contributed by atoms with E-state index in [1.165, 1.54) is 6.92 Å². The van der Waals surface area contributed by atoms with E-state index in [1.54, 1.807) is 0 Å². The summed E-state index contributed by atoms with van der Waals surface area (Å²) in [6, 6.07) is 0. The van der Waals surface area contributed by atoms with Gasteiger partial charge >= 0.3 is 0 Å². The van der Waals surface area contributed by atoms with Gasteiger partial charge in [-0.05, 0) is 6.92 Å². The highest BCUT2D eigenvalue weighted by molar-refractivity contribution is 5.54. The standard InChI is InChI=1S/C3H8O3.C3H6O2/c4-1-3(6)2-5;1-3(5)2-4/h3-6H,1-2H2;2-3,5H,1H3. The molecule has 0 bridgehead atoms. The lowest BCUT2D eigenvalue weighted by molar-refractivity contribution is -0.114. The molecule has 0 aromatic rings. The molecule has 0 amide bonds. The molecule has 0 rings (SSSR count). The highest BCUT2D eigenvalue weighted by Crippen LogP contribution is 1.71. The van der Waals surface area contributed by atoms with Gasteiger partial charge in [-0.2, -0.15) is 0 Å². The fourth-order valence-corrected chi connectivity index (χ4v) is 0.0577. The lowest BCUT2D eigenvalue weighted by atomic mass is 10.4. The molecule has 5 heteroatoms. The third-order valence-electron chi connectivity index (χ3n) is 0.618. The summed E-state index contributed by atoms with van der Waals surface area (Å²) < 4.78 is 0. The van der Waals surface area contributed by atoms with E-state index in [2.05, 4.69) is 0 Å². The van der Waals surface area contributed by atoms with Gasteiger partial charge in [-0.25, -0.2) is 0 Å². The van der Waals surface area contributed by atoms with Crippen LogP contribution in [0.5, 0.6) is 0 Å². The summed E-state index contributed by atoms with van der Waals surface area (Å²) in [5, 5.41) is 32.0. The maximum Gasteiger partial charge on any atom is 0.148 e. The molecule has 0 radical (unpaired) electrons. The second-order valence-corrected chi connectivity index (χ2v) is 1.90. The lowest BCUT2D eigenvalue weighted by Crippen LogP contribution is -2.15. The van der Waals surface area contributed by atoms with Crippen LogP contribution in [0.2, 0.25) is 0 Å². The molecule has 68 valence electrons. The predicted octanol–water partition coefficient (Wildman–Crippen LogP) is -2.10. The normalized spacial score (nSPS) is 11.8. The number of rotatable bonds is 3. The first-order valence-electron chi connectivity index (χ1n) is 3.11. The second kappa shape index (κ2) is 9.51. The Labute approximate surface area is 64.9 Å². The average Bonchev–Trinajstić information content (AvgIpc) is 2.04. The first-order chi connectivity index (χ1) is 5.08. The van der Waals surface area contributed by atoms with E-state index in [9.17, 15) is 4.79 Å². The quantitative estimate of drug-likeness (QED) is 0.360. The number of hydrogen-bond acceptors (Lipinski definition) is 5. The van der Waals surface area contributed by atoms with Gasteiger partial charge in [0.2, 0.25) is 0 Å². The fourth-order valence-electron chi connectivity index (χ4n) is 0.0577. The van der Waals surface area contributed by atoms with Gasteiger partial charge in [0.1, 0.15) is 18.5 Å². The van der Waals surface area contributed by atoms with Crippen LogP contribution in [0.15, 0.2) is 0 Å². The van der Waals surface area contributed by atoms with E-state index in [4.69, 9.17) is 20.4 Å². The maximum absolute atomic E-state index is 9.25. The number of aliphatic hydroxyl groups excluding tert-OH is 4. The molecule has 1 unspecified atom stereocenters. The summed E-state index contributed by atoms with van der Waals surface area (Å²) in [6.45, 7) is 0.681. The smallest absolute Gasteiger partial charge is 0.148 e. The zero-order valence-corrected chi connectivity index (χ0v) is 6.34. The lowest BCUT2D eigenvalue weighted by Gasteiger charge is -1.96. The van der Waals surface area contributed by atoms with Crippen molar-refractivity contribution >= 4 is 6.29 Å². The van der Waals surface area contributed by atoms with Gasteiger partial charge in [-0.15, -0.1) is 0 Å². The predicted molar refractivity (Wildman–Crippen MR) is 37.9 cm³/mol. The van der Waals surface area contributed by atoms with Crippen LogP contribution in [0, 0.1) is 0 Å². The Morgan fingerprint density at radius 2 is 1.55 bits per heavy atom. The molecule has 0 aromatic heterocycles. The summed E-state index contributed by atoms with van der Waals surface area (Å²) in [6.07, 6.45) is -1.28. The van der Waals surface area contributed by atoms with Crippen molar-refractivity contribution in [2.75, 3.05) is 13.2 Å². The summed E-state index contributed by atoms with van der Waals surface area (Å²) >= 11 is 0. The Balaban J connectivity index is 0. The van der Waals surface area contributed by atoms with Gasteiger partial charge in [0, 0.05) is 0 Å². The Bertz CT molecular complexity index is 79.0. The molecule has 0 aliphatic heterocycles. The van der Waals surface area contributed by atoms with Crippen molar-refractivity contribution < 1.29 is 25.2 Å². The molecule has 0 fully saturated rings. The van der Waals surface area contributed by atoms with Crippen molar-refractivity contribution in [1.29, 1.82) is 0 Å². The molecule has 0 aromatic carbocycles. The Morgan fingerprint density at radius 3 is 1.55 bits per heavy atom. The second-order valence-electron chi connectivity index (χ2n) is 1.90. The van der Waals surface area contributed by atoms with Gasteiger partial charge in [-0.3, -0.25) is 0 Å². The number of carbonyl (C=O) groups excluding carboxylic acids is 1. The number of carbonyl (C=O) groups is 1. The Hall–Kier alpha value is -0.490. The van der Waals surface area contributed by atoms with Gasteiger partial charge < -0.3 is 25.2 Å². The number of hydrogen-bond donors (Lipinski definition) is 4. The van der Waals surface area contributed by atoms with Crippen molar-refractivity contribution in [1.82, 2.24) is 0 Å². The Morgan fingerprint density at radius 1 is 1.27 bits per heavy atom. The van der Waals surface area contributed by atoms with Crippen LogP contribution in [0.3, 0.4) is 0 Å². The minimum Gasteiger partial charge on any atom is -0.394 e. The summed E-state index contributed by atoms with van der Waals surface area (Å²) in [4.78, 5) is 9.25. The van der Waals surface area contributed by atoms with E-state index < -0.39 is 12.2 Å². The Kier molecular flexibility index (Phi) is 11.3. The third-order valence-corrected chi connectivity index (χ3v) is 0.618. The first kappa shape index (κ1) is 13.1. The van der Waals surface area contributed by atoms with E-state index in [0.29, 0.717) is 6.29 Å². The largest absolute Gasteiger partial charge is 0.394 e. The van der Waals surface area contributed by atoms with Crippen molar-refractivity contribution in [2.24, 2.45) is 0 Å². The van der Waals surface area contributed by atoms with Crippen molar-refractivity contribution in [3.05, 3.63) is 0 Å². The average molecular weight is 166 g/mol. The molecule has 0 heterocycles. The molecule has 0 saturated carbocycles. The molecule has 4 N–H and O–H groups in total. The van der Waals surface area contributed by atoms with Crippen LogP contribution >= 0.6 is 0 Å². The molecular weight excluding hydrogens is 152 g/mol. The summed E-state index contributed by atoms with van der Waals surface area (Å²) in [7, 11) is 0. The van der Waals surface area contributed by atoms with E-state index in [0.717, 1.165) is 0 Å². The zero-order valence-electron chi connectivity index (χ0n) is 6.34. The van der Waals surface area contributed by atoms with Crippen LogP contribution in [-0.2, 0) is 4.79 Å². The SMILES string of the molecule is CC(O)C=O.OCC(O)CO. The summed E-state index contributed by atoms with van der Waals surface area (Å²) in [5.74, 6) is 0. The molecule has 0 aliphatic rings. The fraction of sp³-hybridized carbons (Fsp3) is 0.833. The third kappa shape index (κ3) is 17.7. The number of aliphatic hydroxyl groups is 4. The molecule has 0 saturated heterocycles. The maximum atomic E-state index is 9.25. The highest BCUT2D eigenvalue weighted by Gasteiger charge is 1.93. The van der Waals surface area contributed by atoms with E-state index in [1.807, 2.05) is 0 Å². The van der Waals surface area contributed by atoms with Gasteiger partial charge in [0.15, 0.2) is 0 Å². The van der Waals surface area contributed by atoms with Gasteiger partial charge in [0.05, 0.1) is 13.2 Å². The van der Waals surface area contributed by atoms with Crippen LogP contribution in [0.25, 0.3) is 0 Å². The molecular formula is C6H14O5. The molecule has 0 aliphatic carbocycles. The molecule has 11 heavy (non-hydrogen) atoms. The summed E-state index contributed by atoms with van der Waals surface area (Å²) in [5.41, 5.74) is 0. The monoisotopic (exact) mass is 166 g/mol. The van der Waals surface area contributed by atoms with E-state index in [-0.39, 0.29) is 13.2 Å². The number of aldehydes is 1. The van der Waals surface area contributed by atoms with Crippen LogP contribution in [0.1, 0.15) is 6.92 Å². The van der Waals surface area contributed by atoms with Crippen LogP contribution < -0.4 is 0 Å². The first-order valence-corrected chi connectivity index (χ1v) is 3.11. The minimum atomic E-state index is -0.954. The van der Waals surface area contributed by atoms with Gasteiger partial charge in [0.25, 0.3) is 0 Å². The van der Waals surface area contributed by atoms with Crippen molar-refractivity contribution in [3.8, 4) is 0 Å².